The van der Waals surface area contributed by atoms with Crippen LogP contribution in [0.2, 0.25) is 0 Å². The van der Waals surface area contributed by atoms with E-state index in [-0.39, 0.29) is 24.0 Å². The van der Waals surface area contributed by atoms with Crippen LogP contribution in [0.4, 0.5) is 0 Å². The number of methoxy groups -OCH3 is 1. The summed E-state index contributed by atoms with van der Waals surface area (Å²) in [5.41, 5.74) is 1.21. The Morgan fingerprint density at radius 2 is 1.90 bits per heavy atom. The van der Waals surface area contributed by atoms with E-state index in [4.69, 9.17) is 4.74 Å². The lowest BCUT2D eigenvalue weighted by Gasteiger charge is -2.19. The van der Waals surface area contributed by atoms with Gasteiger partial charge in [0.1, 0.15) is 5.75 Å². The number of hydrogen-bond donors (Lipinski definition) is 2. The number of ether oxygens (including phenoxy) is 1. The fraction of sp³-hybridized carbons (Fsp3) is 0.533. The Bertz CT molecular complexity index is 421. The van der Waals surface area contributed by atoms with E-state index in [1.165, 1.54) is 5.56 Å². The summed E-state index contributed by atoms with van der Waals surface area (Å²) in [5, 5.41) is 6.61. The molecule has 20 heavy (non-hydrogen) atoms. The Balaban J connectivity index is 0.00000361. The predicted octanol–water partition coefficient (Wildman–Crippen LogP) is 2.99. The van der Waals surface area contributed by atoms with Crippen LogP contribution in [0.5, 0.6) is 5.75 Å². The molecular formula is C15H26IN3O. The molecular weight excluding hydrogens is 365 g/mol. The Hall–Kier alpha value is -0.980. The van der Waals surface area contributed by atoms with Crippen LogP contribution in [0.3, 0.4) is 0 Å². The van der Waals surface area contributed by atoms with Crippen molar-refractivity contribution >= 4 is 29.9 Å². The van der Waals surface area contributed by atoms with Gasteiger partial charge in [0.15, 0.2) is 5.96 Å². The summed E-state index contributed by atoms with van der Waals surface area (Å²) in [6, 6.07) is 8.49. The molecule has 1 atom stereocenters. The fourth-order valence-electron chi connectivity index (χ4n) is 1.90. The summed E-state index contributed by atoms with van der Waals surface area (Å²) in [5.74, 6) is 2.11. The lowest BCUT2D eigenvalue weighted by Crippen LogP contribution is -2.42. The number of nitrogens with one attached hydrogen (secondary N) is 2. The molecule has 4 nitrogen and oxygen atoms in total. The van der Waals surface area contributed by atoms with Crippen molar-refractivity contribution in [3.8, 4) is 5.75 Å². The van der Waals surface area contributed by atoms with Crippen molar-refractivity contribution in [3.63, 3.8) is 0 Å². The Morgan fingerprint density at radius 3 is 2.45 bits per heavy atom. The van der Waals surface area contributed by atoms with E-state index >= 15 is 0 Å². The third-order valence-electron chi connectivity index (χ3n) is 2.89. The molecule has 0 saturated heterocycles. The normalized spacial score (nSPS) is 12.6. The number of rotatable bonds is 5. The van der Waals surface area contributed by atoms with Gasteiger partial charge in [0.05, 0.1) is 7.11 Å². The van der Waals surface area contributed by atoms with Crippen molar-refractivity contribution in [3.05, 3.63) is 29.8 Å². The van der Waals surface area contributed by atoms with Gasteiger partial charge in [0.25, 0.3) is 0 Å². The van der Waals surface area contributed by atoms with Crippen LogP contribution in [-0.2, 0) is 0 Å². The minimum absolute atomic E-state index is 0. The van der Waals surface area contributed by atoms with Gasteiger partial charge in [-0.25, -0.2) is 0 Å². The lowest BCUT2D eigenvalue weighted by molar-refractivity contribution is 0.406. The average Bonchev–Trinajstić information content (AvgIpc) is 2.42. The SMILES string of the molecule is CN=C(NCC(C)c1ccccc1OC)NC(C)C.I. The highest BCUT2D eigenvalue weighted by molar-refractivity contribution is 14.0. The molecule has 0 spiro atoms. The molecule has 0 radical (unpaired) electrons. The molecule has 114 valence electrons. The van der Waals surface area contributed by atoms with Crippen molar-refractivity contribution in [1.82, 2.24) is 10.6 Å². The second-order valence-electron chi connectivity index (χ2n) is 4.90. The highest BCUT2D eigenvalue weighted by atomic mass is 127. The molecule has 0 aromatic heterocycles. The molecule has 1 aromatic carbocycles. The number of para-hydroxylation sites is 1. The van der Waals surface area contributed by atoms with Crippen molar-refractivity contribution in [1.29, 1.82) is 0 Å². The lowest BCUT2D eigenvalue weighted by atomic mass is 10.0. The second kappa shape index (κ2) is 9.85. The first-order chi connectivity index (χ1) is 9.08. The van der Waals surface area contributed by atoms with Gasteiger partial charge in [-0.1, -0.05) is 25.1 Å². The first-order valence-electron chi connectivity index (χ1n) is 6.68. The zero-order chi connectivity index (χ0) is 14.3. The molecule has 0 amide bonds. The van der Waals surface area contributed by atoms with E-state index in [2.05, 4.69) is 42.5 Å². The second-order valence-corrected chi connectivity index (χ2v) is 4.90. The molecule has 0 bridgehead atoms. The molecule has 0 aliphatic rings. The molecule has 0 aliphatic carbocycles. The fourth-order valence-corrected chi connectivity index (χ4v) is 1.90. The molecule has 2 N–H and O–H groups in total. The van der Waals surface area contributed by atoms with Gasteiger partial charge < -0.3 is 15.4 Å². The van der Waals surface area contributed by atoms with Gasteiger partial charge in [-0.2, -0.15) is 0 Å². The number of guanidine groups is 1. The summed E-state index contributed by atoms with van der Waals surface area (Å²) in [4.78, 5) is 4.20. The van der Waals surface area contributed by atoms with Crippen molar-refractivity contribution in [2.45, 2.75) is 32.7 Å². The molecule has 0 aliphatic heterocycles. The van der Waals surface area contributed by atoms with Crippen LogP contribution in [-0.4, -0.2) is 32.7 Å². The highest BCUT2D eigenvalue weighted by Crippen LogP contribution is 2.25. The number of nitrogens with zero attached hydrogens (tertiary/aromatic N) is 1. The quantitative estimate of drug-likeness (QED) is 0.461. The summed E-state index contributed by atoms with van der Waals surface area (Å²) in [6.07, 6.45) is 0. The van der Waals surface area contributed by atoms with Crippen LogP contribution in [0, 0.1) is 0 Å². The van der Waals surface area contributed by atoms with E-state index in [0.717, 1.165) is 18.3 Å². The molecule has 1 unspecified atom stereocenters. The van der Waals surface area contributed by atoms with Crippen molar-refractivity contribution in [2.75, 3.05) is 20.7 Å². The molecule has 1 aromatic rings. The van der Waals surface area contributed by atoms with Crippen molar-refractivity contribution in [2.24, 2.45) is 4.99 Å². The zero-order valence-corrected chi connectivity index (χ0v) is 15.3. The van der Waals surface area contributed by atoms with Gasteiger partial charge in [-0.05, 0) is 25.5 Å². The number of benzene rings is 1. The Labute approximate surface area is 139 Å². The van der Waals surface area contributed by atoms with E-state index in [1.807, 2.05) is 18.2 Å². The Kier molecular flexibility index (Phi) is 9.37. The van der Waals surface area contributed by atoms with E-state index < -0.39 is 0 Å². The maximum absolute atomic E-state index is 5.39. The summed E-state index contributed by atoms with van der Waals surface area (Å²) < 4.78 is 5.39. The average molecular weight is 391 g/mol. The molecule has 0 fully saturated rings. The van der Waals surface area contributed by atoms with E-state index in [9.17, 15) is 0 Å². The molecule has 5 heteroatoms. The van der Waals surface area contributed by atoms with Crippen LogP contribution in [0.15, 0.2) is 29.3 Å². The van der Waals surface area contributed by atoms with Gasteiger partial charge in [0, 0.05) is 25.6 Å². The number of aliphatic imine (C=N–C) groups is 1. The van der Waals surface area contributed by atoms with E-state index in [0.29, 0.717) is 12.0 Å². The van der Waals surface area contributed by atoms with Gasteiger partial charge in [0.2, 0.25) is 0 Å². The minimum atomic E-state index is 0. The van der Waals surface area contributed by atoms with Crippen LogP contribution >= 0.6 is 24.0 Å². The summed E-state index contributed by atoms with van der Waals surface area (Å²) in [6.45, 7) is 7.17. The number of hydrogen-bond acceptors (Lipinski definition) is 2. The molecule has 0 heterocycles. The predicted molar refractivity (Wildman–Crippen MR) is 96.5 cm³/mol. The first-order valence-corrected chi connectivity index (χ1v) is 6.68. The van der Waals surface area contributed by atoms with Gasteiger partial charge >= 0.3 is 0 Å². The maximum Gasteiger partial charge on any atom is 0.191 e. The largest absolute Gasteiger partial charge is 0.496 e. The van der Waals surface area contributed by atoms with Gasteiger partial charge in [-0.3, -0.25) is 4.99 Å². The molecule has 0 saturated carbocycles. The number of halogens is 1. The zero-order valence-electron chi connectivity index (χ0n) is 12.9. The third kappa shape index (κ3) is 5.98. The summed E-state index contributed by atoms with van der Waals surface area (Å²) in [7, 11) is 3.49. The summed E-state index contributed by atoms with van der Waals surface area (Å²) >= 11 is 0. The first kappa shape index (κ1) is 19.0. The standard InChI is InChI=1S/C15H25N3O.HI/c1-11(2)18-15(16-4)17-10-12(3)13-8-6-7-9-14(13)19-5;/h6-9,11-12H,10H2,1-5H3,(H2,16,17,18);1H. The van der Waals surface area contributed by atoms with Crippen LogP contribution in [0.25, 0.3) is 0 Å². The van der Waals surface area contributed by atoms with Gasteiger partial charge in [-0.15, -0.1) is 24.0 Å². The smallest absolute Gasteiger partial charge is 0.191 e. The Morgan fingerprint density at radius 1 is 1.25 bits per heavy atom. The maximum atomic E-state index is 5.39. The monoisotopic (exact) mass is 391 g/mol. The van der Waals surface area contributed by atoms with Crippen LogP contribution < -0.4 is 15.4 Å². The van der Waals surface area contributed by atoms with Crippen molar-refractivity contribution < 1.29 is 4.74 Å². The minimum Gasteiger partial charge on any atom is -0.496 e. The third-order valence-corrected chi connectivity index (χ3v) is 2.89. The van der Waals surface area contributed by atoms with E-state index in [1.54, 1.807) is 14.2 Å². The highest BCUT2D eigenvalue weighted by Gasteiger charge is 2.11. The van der Waals surface area contributed by atoms with Crippen LogP contribution in [0.1, 0.15) is 32.3 Å². The molecule has 1 rings (SSSR count). The topological polar surface area (TPSA) is 45.7 Å².